The maximum atomic E-state index is 12.3. The first kappa shape index (κ1) is 17.5. The molecule has 1 N–H and O–H groups in total. The molecule has 20 heavy (non-hydrogen) atoms. The Kier molecular flexibility index (Phi) is 5.69. The van der Waals surface area contributed by atoms with E-state index < -0.39 is 21.2 Å². The molecule has 114 valence electrons. The van der Waals surface area contributed by atoms with Gasteiger partial charge in [-0.05, 0) is 57.2 Å². The molecule has 2 unspecified atom stereocenters. The van der Waals surface area contributed by atoms with E-state index in [0.717, 1.165) is 0 Å². The van der Waals surface area contributed by atoms with Crippen molar-refractivity contribution in [2.24, 2.45) is 0 Å². The van der Waals surface area contributed by atoms with Crippen LogP contribution >= 0.6 is 11.8 Å². The zero-order valence-corrected chi connectivity index (χ0v) is 13.4. The molecular weight excluding hydrogens is 307 g/mol. The highest BCUT2D eigenvalue weighted by atomic mass is 32.2. The molecule has 0 aromatic heterocycles. The summed E-state index contributed by atoms with van der Waals surface area (Å²) in [6, 6.07) is 5.88. The van der Waals surface area contributed by atoms with Crippen molar-refractivity contribution in [1.82, 2.24) is 4.72 Å². The van der Waals surface area contributed by atoms with Gasteiger partial charge in [-0.1, -0.05) is 12.1 Å². The Morgan fingerprint density at radius 1 is 1.25 bits per heavy atom. The third-order valence-electron chi connectivity index (χ3n) is 2.43. The number of alkyl halides is 3. The molecule has 2 atom stereocenters. The van der Waals surface area contributed by atoms with Crippen molar-refractivity contribution in [3.05, 3.63) is 29.8 Å². The lowest BCUT2D eigenvalue weighted by molar-refractivity contribution is -0.0328. The normalized spacial score (nSPS) is 15.9. The Morgan fingerprint density at radius 3 is 2.35 bits per heavy atom. The van der Waals surface area contributed by atoms with Crippen LogP contribution in [0.1, 0.15) is 39.3 Å². The Balaban J connectivity index is 2.81. The average Bonchev–Trinajstić information content (AvgIpc) is 2.25. The van der Waals surface area contributed by atoms with Crippen molar-refractivity contribution >= 4 is 22.7 Å². The van der Waals surface area contributed by atoms with Gasteiger partial charge in [-0.15, -0.1) is 0 Å². The predicted molar refractivity (Wildman–Crippen MR) is 77.8 cm³/mol. The maximum Gasteiger partial charge on any atom is 0.446 e. The van der Waals surface area contributed by atoms with Crippen LogP contribution in [0, 0.1) is 0 Å². The molecule has 0 aliphatic rings. The predicted octanol–water partition coefficient (Wildman–Crippen LogP) is 4.41. The van der Waals surface area contributed by atoms with Crippen LogP contribution in [0.15, 0.2) is 29.2 Å². The molecule has 2 nitrogen and oxygen atoms in total. The molecular formula is C13H18F3NOS2. The van der Waals surface area contributed by atoms with Gasteiger partial charge in [0.1, 0.15) is 0 Å². The molecule has 1 aromatic carbocycles. The van der Waals surface area contributed by atoms with Gasteiger partial charge in [-0.25, -0.2) is 8.93 Å². The fourth-order valence-electron chi connectivity index (χ4n) is 1.39. The van der Waals surface area contributed by atoms with E-state index in [1.54, 1.807) is 19.1 Å². The summed E-state index contributed by atoms with van der Waals surface area (Å²) in [4.78, 5) is 0.130. The number of hydrogen-bond acceptors (Lipinski definition) is 2. The summed E-state index contributed by atoms with van der Waals surface area (Å²) in [5.41, 5.74) is -3.62. The third kappa shape index (κ3) is 5.85. The largest absolute Gasteiger partial charge is 0.446 e. The minimum Gasteiger partial charge on any atom is -0.242 e. The van der Waals surface area contributed by atoms with Crippen molar-refractivity contribution in [1.29, 1.82) is 0 Å². The number of benzene rings is 1. The SMILES string of the molecule is CC(NS(=O)C(C)(C)C)c1cccc(SC(F)(F)F)c1. The van der Waals surface area contributed by atoms with Gasteiger partial charge < -0.3 is 0 Å². The second-order valence-corrected chi connectivity index (χ2v) is 8.48. The van der Waals surface area contributed by atoms with Crippen LogP contribution in [-0.4, -0.2) is 14.5 Å². The minimum atomic E-state index is -4.30. The molecule has 0 aliphatic heterocycles. The molecule has 0 bridgehead atoms. The van der Waals surface area contributed by atoms with E-state index in [4.69, 9.17) is 0 Å². The first-order valence-corrected chi connectivity index (χ1v) is 7.99. The molecule has 0 spiro atoms. The first-order valence-electron chi connectivity index (χ1n) is 6.03. The lowest BCUT2D eigenvalue weighted by atomic mass is 10.1. The highest BCUT2D eigenvalue weighted by Gasteiger charge is 2.29. The summed E-state index contributed by atoms with van der Waals surface area (Å²) in [6.45, 7) is 7.28. The summed E-state index contributed by atoms with van der Waals surface area (Å²) in [5.74, 6) is 0. The second kappa shape index (κ2) is 6.49. The first-order chi connectivity index (χ1) is 8.99. The average molecular weight is 325 g/mol. The van der Waals surface area contributed by atoms with Gasteiger partial charge in [0.25, 0.3) is 0 Å². The van der Waals surface area contributed by atoms with Crippen molar-refractivity contribution in [3.8, 4) is 0 Å². The van der Waals surface area contributed by atoms with Crippen LogP contribution in [0.2, 0.25) is 0 Å². The molecule has 7 heteroatoms. The molecule has 0 aliphatic carbocycles. The Labute approximate surface area is 124 Å². The molecule has 0 radical (unpaired) electrons. The van der Waals surface area contributed by atoms with Crippen LogP contribution in [-0.2, 0) is 11.0 Å². The van der Waals surface area contributed by atoms with Crippen LogP contribution in [0.3, 0.4) is 0 Å². The lowest BCUT2D eigenvalue weighted by Crippen LogP contribution is -2.34. The van der Waals surface area contributed by atoms with E-state index in [-0.39, 0.29) is 22.7 Å². The van der Waals surface area contributed by atoms with Gasteiger partial charge in [0.2, 0.25) is 0 Å². The fraction of sp³-hybridized carbons (Fsp3) is 0.538. The molecule has 0 heterocycles. The molecule has 1 rings (SSSR count). The molecule has 0 fully saturated rings. The lowest BCUT2D eigenvalue weighted by Gasteiger charge is -2.22. The van der Waals surface area contributed by atoms with Gasteiger partial charge in [0.05, 0.1) is 15.7 Å². The number of hydrogen-bond donors (Lipinski definition) is 1. The number of nitrogens with one attached hydrogen (secondary N) is 1. The summed E-state index contributed by atoms with van der Waals surface area (Å²) in [6.07, 6.45) is 0. The smallest absolute Gasteiger partial charge is 0.242 e. The zero-order valence-electron chi connectivity index (χ0n) is 11.7. The Bertz CT molecular complexity index is 483. The third-order valence-corrected chi connectivity index (χ3v) is 4.83. The van der Waals surface area contributed by atoms with Gasteiger partial charge in [-0.3, -0.25) is 0 Å². The number of rotatable bonds is 4. The van der Waals surface area contributed by atoms with Crippen molar-refractivity contribution in [2.75, 3.05) is 0 Å². The van der Waals surface area contributed by atoms with Gasteiger partial charge >= 0.3 is 5.51 Å². The Morgan fingerprint density at radius 2 is 1.85 bits per heavy atom. The van der Waals surface area contributed by atoms with Gasteiger partial charge in [0, 0.05) is 10.9 Å². The summed E-state index contributed by atoms with van der Waals surface area (Å²) in [5, 5.41) is 0. The van der Waals surface area contributed by atoms with E-state index in [2.05, 4.69) is 4.72 Å². The quantitative estimate of drug-likeness (QED) is 0.831. The zero-order chi connectivity index (χ0) is 15.6. The monoisotopic (exact) mass is 325 g/mol. The molecule has 0 saturated heterocycles. The standard InChI is InChI=1S/C13H18F3NOS2/c1-9(17-20(18)12(2,3)4)10-6-5-7-11(8-10)19-13(14,15)16/h5-9,17H,1-4H3. The van der Waals surface area contributed by atoms with Crippen molar-refractivity contribution < 1.29 is 17.4 Å². The minimum absolute atomic E-state index is 0.130. The number of halogens is 3. The van der Waals surface area contributed by atoms with E-state index in [0.29, 0.717) is 5.56 Å². The van der Waals surface area contributed by atoms with E-state index >= 15 is 0 Å². The van der Waals surface area contributed by atoms with Crippen molar-refractivity contribution in [3.63, 3.8) is 0 Å². The van der Waals surface area contributed by atoms with Crippen LogP contribution in [0.4, 0.5) is 13.2 Å². The van der Waals surface area contributed by atoms with Gasteiger partial charge in [-0.2, -0.15) is 13.2 Å². The van der Waals surface area contributed by atoms with E-state index in [9.17, 15) is 17.4 Å². The summed E-state index contributed by atoms with van der Waals surface area (Å²) >= 11 is -0.147. The fourth-order valence-corrected chi connectivity index (χ4v) is 2.81. The summed E-state index contributed by atoms with van der Waals surface area (Å²) in [7, 11) is -1.27. The molecule has 0 saturated carbocycles. The molecule has 1 aromatic rings. The summed E-state index contributed by atoms with van der Waals surface area (Å²) < 4.78 is 51.5. The van der Waals surface area contributed by atoms with E-state index in [1.165, 1.54) is 12.1 Å². The van der Waals surface area contributed by atoms with E-state index in [1.807, 2.05) is 20.8 Å². The highest BCUT2D eigenvalue weighted by molar-refractivity contribution is 8.00. The van der Waals surface area contributed by atoms with Crippen LogP contribution in [0.25, 0.3) is 0 Å². The highest BCUT2D eigenvalue weighted by Crippen LogP contribution is 2.37. The molecule has 0 amide bonds. The topological polar surface area (TPSA) is 29.1 Å². The number of thioether (sulfide) groups is 1. The van der Waals surface area contributed by atoms with Crippen LogP contribution < -0.4 is 4.72 Å². The maximum absolute atomic E-state index is 12.3. The van der Waals surface area contributed by atoms with Crippen molar-refractivity contribution in [2.45, 2.75) is 48.9 Å². The second-order valence-electron chi connectivity index (χ2n) is 5.34. The Hall–Kier alpha value is -0.530. The van der Waals surface area contributed by atoms with Crippen LogP contribution in [0.5, 0.6) is 0 Å². The van der Waals surface area contributed by atoms with Gasteiger partial charge in [0.15, 0.2) is 0 Å².